The molecule has 0 heterocycles. The number of hydrogen-bond acceptors (Lipinski definition) is 1. The van der Waals surface area contributed by atoms with Crippen LogP contribution < -0.4 is 0 Å². The van der Waals surface area contributed by atoms with Crippen LogP contribution in [0.2, 0.25) is 0 Å². The van der Waals surface area contributed by atoms with E-state index in [4.69, 9.17) is 5.11 Å². The Bertz CT molecular complexity index is 376. The van der Waals surface area contributed by atoms with E-state index < -0.39 is 5.97 Å². The van der Waals surface area contributed by atoms with Crippen LogP contribution in [0.5, 0.6) is 0 Å². The van der Waals surface area contributed by atoms with Gasteiger partial charge in [0, 0.05) is 19.3 Å². The van der Waals surface area contributed by atoms with Crippen molar-refractivity contribution in [2.75, 3.05) is 0 Å². The van der Waals surface area contributed by atoms with Crippen molar-refractivity contribution < 1.29 is 9.90 Å². The van der Waals surface area contributed by atoms with Crippen molar-refractivity contribution in [2.24, 2.45) is 0 Å². The van der Waals surface area contributed by atoms with Gasteiger partial charge in [-0.25, -0.2) is 0 Å². The molecule has 0 spiro atoms. The first-order valence-corrected chi connectivity index (χ1v) is 8.95. The summed E-state index contributed by atoms with van der Waals surface area (Å²) in [7, 11) is 0. The number of unbranched alkanes of at least 4 members (excludes halogenated alkanes) is 11. The first kappa shape index (κ1) is 20.6. The lowest BCUT2D eigenvalue weighted by molar-refractivity contribution is -0.137. The monoisotopic (exact) mass is 304 g/mol. The minimum Gasteiger partial charge on any atom is -0.481 e. The molecule has 0 aromatic carbocycles. The average Bonchev–Trinajstić information content (AvgIpc) is 2.50. The summed E-state index contributed by atoms with van der Waals surface area (Å²) in [6.07, 6.45) is 15.6. The fourth-order valence-corrected chi connectivity index (χ4v) is 2.23. The molecule has 0 rings (SSSR count). The van der Waals surface area contributed by atoms with E-state index in [1.165, 1.54) is 57.8 Å². The second-order valence-corrected chi connectivity index (χ2v) is 5.78. The van der Waals surface area contributed by atoms with Gasteiger partial charge in [0.25, 0.3) is 0 Å². The summed E-state index contributed by atoms with van der Waals surface area (Å²) in [4.78, 5) is 10.3. The molecule has 0 unspecified atom stereocenters. The van der Waals surface area contributed by atoms with Crippen molar-refractivity contribution in [2.45, 2.75) is 96.8 Å². The summed E-state index contributed by atoms with van der Waals surface area (Å²) in [5.74, 6) is 11.1. The third-order valence-electron chi connectivity index (χ3n) is 3.59. The minimum absolute atomic E-state index is 0.242. The highest BCUT2D eigenvalue weighted by Crippen LogP contribution is 2.10. The Kier molecular flexibility index (Phi) is 16.5. The number of rotatable bonds is 13. The van der Waals surface area contributed by atoms with Crippen LogP contribution in [0, 0.1) is 23.7 Å². The van der Waals surface area contributed by atoms with E-state index in [9.17, 15) is 4.79 Å². The normalized spacial score (nSPS) is 9.50. The summed E-state index contributed by atoms with van der Waals surface area (Å²) in [6, 6.07) is 0. The average molecular weight is 304 g/mol. The molecule has 0 aromatic rings. The molecular weight excluding hydrogens is 272 g/mol. The number of carboxylic acids is 1. The molecule has 0 aliphatic carbocycles. The fourth-order valence-electron chi connectivity index (χ4n) is 2.23. The molecule has 2 heteroatoms. The largest absolute Gasteiger partial charge is 0.481 e. The minimum atomic E-state index is -0.728. The van der Waals surface area contributed by atoms with Crippen LogP contribution in [0.25, 0.3) is 0 Å². The summed E-state index contributed by atoms with van der Waals surface area (Å²) in [5, 5.41) is 8.48. The molecule has 124 valence electrons. The van der Waals surface area contributed by atoms with Crippen LogP contribution in [0.3, 0.4) is 0 Å². The Balaban J connectivity index is 3.27. The maximum Gasteiger partial charge on any atom is 0.303 e. The van der Waals surface area contributed by atoms with Crippen LogP contribution in [0.4, 0.5) is 0 Å². The molecule has 0 aliphatic rings. The smallest absolute Gasteiger partial charge is 0.303 e. The Morgan fingerprint density at radius 3 is 1.68 bits per heavy atom. The molecule has 0 aliphatic heterocycles. The topological polar surface area (TPSA) is 37.3 Å². The van der Waals surface area contributed by atoms with Crippen molar-refractivity contribution in [3.8, 4) is 23.7 Å². The van der Waals surface area contributed by atoms with Crippen LogP contribution >= 0.6 is 0 Å². The van der Waals surface area contributed by atoms with E-state index in [0.717, 1.165) is 19.3 Å². The molecule has 2 nitrogen and oxygen atoms in total. The van der Waals surface area contributed by atoms with Gasteiger partial charge < -0.3 is 5.11 Å². The quantitative estimate of drug-likeness (QED) is 0.357. The summed E-state index contributed by atoms with van der Waals surface area (Å²) in [6.45, 7) is 2.25. The van der Waals surface area contributed by atoms with E-state index in [1.54, 1.807) is 0 Å². The molecule has 0 bridgehead atoms. The van der Waals surface area contributed by atoms with Gasteiger partial charge in [-0.1, -0.05) is 70.1 Å². The Labute approximate surface area is 137 Å². The van der Waals surface area contributed by atoms with E-state index >= 15 is 0 Å². The first-order valence-electron chi connectivity index (χ1n) is 8.95. The number of aliphatic carboxylic acids is 1. The van der Waals surface area contributed by atoms with Gasteiger partial charge in [0.2, 0.25) is 0 Å². The summed E-state index contributed by atoms with van der Waals surface area (Å²) < 4.78 is 0. The van der Waals surface area contributed by atoms with E-state index in [-0.39, 0.29) is 6.42 Å². The summed E-state index contributed by atoms with van der Waals surface area (Å²) >= 11 is 0. The zero-order valence-corrected chi connectivity index (χ0v) is 14.3. The first-order chi connectivity index (χ1) is 10.8. The van der Waals surface area contributed by atoms with Crippen LogP contribution in [0.15, 0.2) is 0 Å². The van der Waals surface area contributed by atoms with E-state index in [0.29, 0.717) is 6.42 Å². The van der Waals surface area contributed by atoms with Gasteiger partial charge in [0.15, 0.2) is 0 Å². The SMILES string of the molecule is CCCCCCCCCCCC#CC#CCCCCC(=O)O. The van der Waals surface area contributed by atoms with Gasteiger partial charge in [0.1, 0.15) is 0 Å². The molecule has 0 saturated carbocycles. The maximum absolute atomic E-state index is 10.3. The van der Waals surface area contributed by atoms with E-state index in [1.807, 2.05) is 0 Å². The highest BCUT2D eigenvalue weighted by Gasteiger charge is 1.94. The third kappa shape index (κ3) is 18.6. The van der Waals surface area contributed by atoms with Crippen molar-refractivity contribution in [3.63, 3.8) is 0 Å². The lowest BCUT2D eigenvalue weighted by atomic mass is 10.1. The van der Waals surface area contributed by atoms with E-state index in [2.05, 4.69) is 30.6 Å². The zero-order chi connectivity index (χ0) is 16.3. The van der Waals surface area contributed by atoms with Crippen LogP contribution in [-0.2, 0) is 4.79 Å². The van der Waals surface area contributed by atoms with Gasteiger partial charge in [-0.05, 0) is 31.1 Å². The van der Waals surface area contributed by atoms with Gasteiger partial charge in [-0.2, -0.15) is 0 Å². The van der Waals surface area contributed by atoms with Crippen LogP contribution in [0.1, 0.15) is 96.8 Å². The molecule has 0 amide bonds. The molecule has 0 radical (unpaired) electrons. The Morgan fingerprint density at radius 2 is 1.18 bits per heavy atom. The lowest BCUT2D eigenvalue weighted by Gasteiger charge is -1.99. The number of hydrogen-bond donors (Lipinski definition) is 1. The van der Waals surface area contributed by atoms with Gasteiger partial charge in [-0.3, -0.25) is 4.79 Å². The predicted octanol–water partition coefficient (Wildman–Crippen LogP) is 5.56. The highest BCUT2D eigenvalue weighted by molar-refractivity contribution is 5.66. The molecule has 0 saturated heterocycles. The predicted molar refractivity (Wildman–Crippen MR) is 93.5 cm³/mol. The fraction of sp³-hybridized carbons (Fsp3) is 0.750. The molecule has 0 fully saturated rings. The van der Waals surface area contributed by atoms with Crippen molar-refractivity contribution in [3.05, 3.63) is 0 Å². The van der Waals surface area contributed by atoms with Gasteiger partial charge >= 0.3 is 5.97 Å². The van der Waals surface area contributed by atoms with Gasteiger partial charge in [0.05, 0.1) is 0 Å². The molecular formula is C20H32O2. The highest BCUT2D eigenvalue weighted by atomic mass is 16.4. The number of carboxylic acid groups (broad SMARTS) is 1. The van der Waals surface area contributed by atoms with Crippen molar-refractivity contribution in [1.29, 1.82) is 0 Å². The molecule has 1 N–H and O–H groups in total. The zero-order valence-electron chi connectivity index (χ0n) is 14.3. The second kappa shape index (κ2) is 17.6. The Hall–Kier alpha value is -1.41. The third-order valence-corrected chi connectivity index (χ3v) is 3.59. The van der Waals surface area contributed by atoms with Gasteiger partial charge in [-0.15, -0.1) is 0 Å². The lowest BCUT2D eigenvalue weighted by Crippen LogP contribution is -1.92. The maximum atomic E-state index is 10.3. The summed E-state index contributed by atoms with van der Waals surface area (Å²) in [5.41, 5.74) is 0. The molecule has 0 atom stereocenters. The second-order valence-electron chi connectivity index (χ2n) is 5.78. The standard InChI is InChI=1S/C20H32O2/c1-2-3-4-5-6-7-8-9-10-11-12-13-14-15-16-17-18-19-20(21)22/h2-11,16-19H2,1H3,(H,21,22). The van der Waals surface area contributed by atoms with Crippen LogP contribution in [-0.4, -0.2) is 11.1 Å². The van der Waals surface area contributed by atoms with Crippen molar-refractivity contribution in [1.82, 2.24) is 0 Å². The Morgan fingerprint density at radius 1 is 0.727 bits per heavy atom. The van der Waals surface area contributed by atoms with Crippen molar-refractivity contribution >= 4 is 5.97 Å². The molecule has 22 heavy (non-hydrogen) atoms. The molecule has 0 aromatic heterocycles. The number of carbonyl (C=O) groups is 1.